The first-order valence-electron chi connectivity index (χ1n) is 7.94. The number of benzene rings is 1. The number of nitrogens with zero attached hydrogens (tertiary/aromatic N) is 2. The van der Waals surface area contributed by atoms with Crippen molar-refractivity contribution in [2.45, 2.75) is 44.4 Å². The summed E-state index contributed by atoms with van der Waals surface area (Å²) in [6.07, 6.45) is 7.56. The van der Waals surface area contributed by atoms with Crippen LogP contribution in [0.1, 0.15) is 49.3 Å². The molecule has 0 radical (unpaired) electrons. The van der Waals surface area contributed by atoms with Gasteiger partial charge in [-0.3, -0.25) is 0 Å². The predicted octanol–water partition coefficient (Wildman–Crippen LogP) is 4.03. The standard InChI is InChI=1S/C17H20FN3/c18-13-6-8-14(9-7-13)21-17-15(10-11-19-17)16(20-21)12-4-2-1-3-5-12/h6-9,12,19H,1-5,10-11H2. The number of aromatic nitrogens is 2. The van der Waals surface area contributed by atoms with Crippen molar-refractivity contribution in [2.75, 3.05) is 11.9 Å². The minimum Gasteiger partial charge on any atom is -0.369 e. The van der Waals surface area contributed by atoms with E-state index in [4.69, 9.17) is 5.10 Å². The second-order valence-electron chi connectivity index (χ2n) is 6.11. The molecule has 0 amide bonds. The second-order valence-corrected chi connectivity index (χ2v) is 6.11. The van der Waals surface area contributed by atoms with Gasteiger partial charge < -0.3 is 5.32 Å². The van der Waals surface area contributed by atoms with Crippen molar-refractivity contribution in [3.05, 3.63) is 41.3 Å². The Morgan fingerprint density at radius 1 is 1.10 bits per heavy atom. The topological polar surface area (TPSA) is 29.9 Å². The lowest BCUT2D eigenvalue weighted by molar-refractivity contribution is 0.433. The van der Waals surface area contributed by atoms with Crippen LogP contribution in [0.5, 0.6) is 0 Å². The van der Waals surface area contributed by atoms with Gasteiger partial charge in [-0.1, -0.05) is 19.3 Å². The summed E-state index contributed by atoms with van der Waals surface area (Å²) in [5.74, 6) is 1.51. The average molecular weight is 285 g/mol. The summed E-state index contributed by atoms with van der Waals surface area (Å²) in [6, 6.07) is 6.60. The summed E-state index contributed by atoms with van der Waals surface area (Å²) in [5, 5.41) is 8.34. The third kappa shape index (κ3) is 2.23. The van der Waals surface area contributed by atoms with Gasteiger partial charge in [0.1, 0.15) is 11.6 Å². The fourth-order valence-corrected chi connectivity index (χ4v) is 3.67. The normalized spacial score (nSPS) is 18.5. The summed E-state index contributed by atoms with van der Waals surface area (Å²) >= 11 is 0. The van der Waals surface area contributed by atoms with Gasteiger partial charge in [-0.2, -0.15) is 5.10 Å². The smallest absolute Gasteiger partial charge is 0.133 e. The molecule has 0 saturated heterocycles. The van der Waals surface area contributed by atoms with E-state index in [1.54, 1.807) is 12.1 Å². The van der Waals surface area contributed by atoms with Gasteiger partial charge in [0.15, 0.2) is 0 Å². The third-order valence-corrected chi connectivity index (χ3v) is 4.75. The minimum atomic E-state index is -0.206. The molecule has 1 aliphatic heterocycles. The summed E-state index contributed by atoms with van der Waals surface area (Å²) in [7, 11) is 0. The largest absolute Gasteiger partial charge is 0.369 e. The molecule has 1 saturated carbocycles. The quantitative estimate of drug-likeness (QED) is 0.903. The van der Waals surface area contributed by atoms with Crippen molar-refractivity contribution in [3.8, 4) is 5.69 Å². The first-order chi connectivity index (χ1) is 10.3. The van der Waals surface area contributed by atoms with E-state index in [0.717, 1.165) is 24.5 Å². The van der Waals surface area contributed by atoms with Gasteiger partial charge in [0.25, 0.3) is 0 Å². The van der Waals surface area contributed by atoms with Gasteiger partial charge in [-0.25, -0.2) is 9.07 Å². The maximum atomic E-state index is 13.1. The van der Waals surface area contributed by atoms with Crippen molar-refractivity contribution in [1.29, 1.82) is 0 Å². The molecule has 110 valence electrons. The predicted molar refractivity (Wildman–Crippen MR) is 81.5 cm³/mol. The van der Waals surface area contributed by atoms with Gasteiger partial charge in [-0.05, 0) is 43.5 Å². The summed E-state index contributed by atoms with van der Waals surface area (Å²) in [4.78, 5) is 0. The summed E-state index contributed by atoms with van der Waals surface area (Å²) in [6.45, 7) is 0.980. The number of halogens is 1. The van der Waals surface area contributed by atoms with E-state index >= 15 is 0 Å². The molecule has 1 N–H and O–H groups in total. The van der Waals surface area contributed by atoms with Gasteiger partial charge in [0, 0.05) is 18.0 Å². The highest BCUT2D eigenvalue weighted by molar-refractivity contribution is 5.57. The fourth-order valence-electron chi connectivity index (χ4n) is 3.67. The Labute approximate surface area is 124 Å². The highest BCUT2D eigenvalue weighted by Crippen LogP contribution is 2.38. The van der Waals surface area contributed by atoms with E-state index in [0.29, 0.717) is 5.92 Å². The van der Waals surface area contributed by atoms with E-state index < -0.39 is 0 Å². The Balaban J connectivity index is 1.76. The van der Waals surface area contributed by atoms with Crippen molar-refractivity contribution < 1.29 is 4.39 Å². The van der Waals surface area contributed by atoms with Crippen LogP contribution in [0, 0.1) is 5.82 Å². The Bertz CT molecular complexity index is 639. The summed E-state index contributed by atoms with van der Waals surface area (Å²) < 4.78 is 15.1. The molecular weight excluding hydrogens is 265 g/mol. The van der Waals surface area contributed by atoms with Crippen LogP contribution in [0.2, 0.25) is 0 Å². The Morgan fingerprint density at radius 2 is 1.86 bits per heavy atom. The number of anilines is 1. The van der Waals surface area contributed by atoms with Crippen LogP contribution in [0.25, 0.3) is 5.69 Å². The van der Waals surface area contributed by atoms with Crippen LogP contribution >= 0.6 is 0 Å². The molecule has 0 unspecified atom stereocenters. The van der Waals surface area contributed by atoms with Gasteiger partial charge in [0.05, 0.1) is 11.4 Å². The number of rotatable bonds is 2. The number of fused-ring (bicyclic) bond motifs is 1. The Kier molecular flexibility index (Phi) is 3.17. The zero-order valence-corrected chi connectivity index (χ0v) is 12.1. The average Bonchev–Trinajstić information content (AvgIpc) is 3.11. The molecule has 2 aliphatic rings. The van der Waals surface area contributed by atoms with Gasteiger partial charge in [-0.15, -0.1) is 0 Å². The van der Waals surface area contributed by atoms with E-state index in [1.165, 1.54) is 55.5 Å². The molecule has 0 atom stereocenters. The van der Waals surface area contributed by atoms with Crippen LogP contribution in [-0.2, 0) is 6.42 Å². The Hall–Kier alpha value is -1.84. The van der Waals surface area contributed by atoms with E-state index in [1.807, 2.05) is 4.68 Å². The second kappa shape index (κ2) is 5.17. The SMILES string of the molecule is Fc1ccc(-n2nc(C3CCCCC3)c3c2NCC3)cc1. The van der Waals surface area contributed by atoms with Crippen molar-refractivity contribution >= 4 is 5.82 Å². The molecule has 4 rings (SSSR count). The lowest BCUT2D eigenvalue weighted by atomic mass is 9.85. The van der Waals surface area contributed by atoms with E-state index in [-0.39, 0.29) is 5.82 Å². The van der Waals surface area contributed by atoms with E-state index in [9.17, 15) is 4.39 Å². The number of nitrogens with one attached hydrogen (secondary N) is 1. The molecule has 2 heterocycles. The van der Waals surface area contributed by atoms with E-state index in [2.05, 4.69) is 5.32 Å². The number of hydrogen-bond donors (Lipinski definition) is 1. The van der Waals surface area contributed by atoms with Crippen molar-refractivity contribution in [2.24, 2.45) is 0 Å². The lowest BCUT2D eigenvalue weighted by Gasteiger charge is -2.20. The molecular formula is C17H20FN3. The maximum Gasteiger partial charge on any atom is 0.133 e. The molecule has 1 fully saturated rings. The molecule has 4 heteroatoms. The highest BCUT2D eigenvalue weighted by atomic mass is 19.1. The third-order valence-electron chi connectivity index (χ3n) is 4.75. The Morgan fingerprint density at radius 3 is 2.62 bits per heavy atom. The maximum absolute atomic E-state index is 13.1. The van der Waals surface area contributed by atoms with Crippen LogP contribution in [0.4, 0.5) is 10.2 Å². The van der Waals surface area contributed by atoms with Gasteiger partial charge in [0.2, 0.25) is 0 Å². The molecule has 0 bridgehead atoms. The van der Waals surface area contributed by atoms with Crippen molar-refractivity contribution in [1.82, 2.24) is 9.78 Å². The monoisotopic (exact) mass is 285 g/mol. The number of hydrogen-bond acceptors (Lipinski definition) is 2. The minimum absolute atomic E-state index is 0.206. The molecule has 1 aromatic carbocycles. The molecule has 2 aromatic rings. The fraction of sp³-hybridized carbons (Fsp3) is 0.471. The lowest BCUT2D eigenvalue weighted by Crippen LogP contribution is -2.09. The van der Waals surface area contributed by atoms with Gasteiger partial charge >= 0.3 is 0 Å². The first-order valence-corrected chi connectivity index (χ1v) is 7.94. The van der Waals surface area contributed by atoms with Crippen LogP contribution in [0.3, 0.4) is 0 Å². The zero-order valence-electron chi connectivity index (χ0n) is 12.1. The summed E-state index contributed by atoms with van der Waals surface area (Å²) in [5.41, 5.74) is 3.59. The highest BCUT2D eigenvalue weighted by Gasteiger charge is 2.28. The molecule has 1 aromatic heterocycles. The first kappa shape index (κ1) is 12.9. The van der Waals surface area contributed by atoms with Crippen molar-refractivity contribution in [3.63, 3.8) is 0 Å². The molecule has 0 spiro atoms. The van der Waals surface area contributed by atoms with Crippen LogP contribution in [-0.4, -0.2) is 16.3 Å². The van der Waals surface area contributed by atoms with Crippen LogP contribution in [0.15, 0.2) is 24.3 Å². The zero-order chi connectivity index (χ0) is 14.2. The molecule has 1 aliphatic carbocycles. The molecule has 3 nitrogen and oxygen atoms in total. The van der Waals surface area contributed by atoms with Crippen LogP contribution < -0.4 is 5.32 Å². The molecule has 21 heavy (non-hydrogen) atoms.